The van der Waals surface area contributed by atoms with Gasteiger partial charge in [-0.25, -0.2) is 0 Å². The number of ketones is 1. The Balaban J connectivity index is 2.77. The van der Waals surface area contributed by atoms with E-state index >= 15 is 0 Å². The van der Waals surface area contributed by atoms with E-state index in [1.54, 1.807) is 6.92 Å². The maximum atomic E-state index is 10.5. The fourth-order valence-electron chi connectivity index (χ4n) is 0.536. The molecule has 0 aromatic rings. The van der Waals surface area contributed by atoms with Gasteiger partial charge >= 0.3 is 0 Å². The van der Waals surface area contributed by atoms with Gasteiger partial charge < -0.3 is 5.32 Å². The van der Waals surface area contributed by atoms with E-state index < -0.39 is 11.7 Å². The number of hydrogen-bond donors (Lipinski definition) is 1. The SMILES string of the molecule is CC1=NCC(=O)C(=O)N1. The molecule has 0 aromatic carbocycles. The van der Waals surface area contributed by atoms with Gasteiger partial charge in [-0.3, -0.25) is 14.6 Å². The second-order valence-electron chi connectivity index (χ2n) is 1.78. The topological polar surface area (TPSA) is 58.5 Å². The third kappa shape index (κ3) is 1.13. The number of nitrogens with zero attached hydrogens (tertiary/aromatic N) is 1. The molecule has 0 spiro atoms. The number of amides is 1. The number of aliphatic imine (C=N–C) groups is 1. The lowest BCUT2D eigenvalue weighted by molar-refractivity contribution is -0.136. The van der Waals surface area contributed by atoms with Crippen LogP contribution in [-0.4, -0.2) is 24.1 Å². The first kappa shape index (κ1) is 5.94. The molecule has 48 valence electrons. The van der Waals surface area contributed by atoms with Gasteiger partial charge in [0, 0.05) is 0 Å². The summed E-state index contributed by atoms with van der Waals surface area (Å²) in [7, 11) is 0. The zero-order chi connectivity index (χ0) is 6.85. The minimum Gasteiger partial charge on any atom is -0.308 e. The molecule has 0 radical (unpaired) electrons. The Bertz CT molecular complexity index is 195. The molecule has 0 bridgehead atoms. The Morgan fingerprint density at radius 1 is 1.56 bits per heavy atom. The quantitative estimate of drug-likeness (QED) is 0.428. The largest absolute Gasteiger partial charge is 0.308 e. The minimum atomic E-state index is -0.553. The van der Waals surface area contributed by atoms with Crippen molar-refractivity contribution in [1.29, 1.82) is 0 Å². The molecule has 1 amide bonds. The van der Waals surface area contributed by atoms with E-state index in [2.05, 4.69) is 10.3 Å². The number of carbonyl (C=O) groups is 2. The standard InChI is InChI=1S/C5H6N2O2/c1-3-6-2-4(8)5(9)7-3/h2H2,1H3,(H,6,7,9). The lowest BCUT2D eigenvalue weighted by atomic mass is 10.3. The van der Waals surface area contributed by atoms with Gasteiger partial charge in [-0.1, -0.05) is 0 Å². The van der Waals surface area contributed by atoms with Crippen LogP contribution in [0.4, 0.5) is 0 Å². The maximum Gasteiger partial charge on any atom is 0.294 e. The van der Waals surface area contributed by atoms with Crippen LogP contribution >= 0.6 is 0 Å². The van der Waals surface area contributed by atoms with E-state index in [9.17, 15) is 9.59 Å². The normalized spacial score (nSPS) is 19.0. The summed E-state index contributed by atoms with van der Waals surface area (Å²) in [5.74, 6) is -0.511. The summed E-state index contributed by atoms with van der Waals surface area (Å²) in [5, 5.41) is 2.29. The van der Waals surface area contributed by atoms with E-state index in [-0.39, 0.29) is 6.54 Å². The van der Waals surface area contributed by atoms with Crippen molar-refractivity contribution in [3.8, 4) is 0 Å². The fraction of sp³-hybridized carbons (Fsp3) is 0.400. The fourth-order valence-corrected chi connectivity index (χ4v) is 0.536. The zero-order valence-electron chi connectivity index (χ0n) is 4.97. The monoisotopic (exact) mass is 126 g/mol. The van der Waals surface area contributed by atoms with Crippen molar-refractivity contribution < 1.29 is 9.59 Å². The minimum absolute atomic E-state index is 0.00231. The number of rotatable bonds is 0. The second kappa shape index (κ2) is 1.97. The summed E-state index contributed by atoms with van der Waals surface area (Å²) in [5.41, 5.74) is 0. The van der Waals surface area contributed by atoms with E-state index in [0.717, 1.165) is 0 Å². The molecule has 0 saturated heterocycles. The van der Waals surface area contributed by atoms with Crippen LogP contribution in [0.15, 0.2) is 4.99 Å². The van der Waals surface area contributed by atoms with Gasteiger partial charge in [-0.2, -0.15) is 0 Å². The number of nitrogens with one attached hydrogen (secondary N) is 1. The Morgan fingerprint density at radius 2 is 2.22 bits per heavy atom. The Morgan fingerprint density at radius 3 is 2.67 bits per heavy atom. The van der Waals surface area contributed by atoms with Gasteiger partial charge in [0.25, 0.3) is 5.91 Å². The van der Waals surface area contributed by atoms with Crippen molar-refractivity contribution >= 4 is 17.5 Å². The average molecular weight is 126 g/mol. The maximum absolute atomic E-state index is 10.5. The molecule has 0 fully saturated rings. The summed E-state index contributed by atoms with van der Waals surface area (Å²) in [6, 6.07) is 0. The van der Waals surface area contributed by atoms with Gasteiger partial charge in [-0.05, 0) is 6.92 Å². The van der Waals surface area contributed by atoms with Crippen molar-refractivity contribution in [2.75, 3.05) is 6.54 Å². The Hall–Kier alpha value is -1.19. The zero-order valence-corrected chi connectivity index (χ0v) is 4.97. The van der Waals surface area contributed by atoms with Gasteiger partial charge in [0.2, 0.25) is 5.78 Å². The molecule has 1 rings (SSSR count). The molecule has 0 atom stereocenters. The van der Waals surface area contributed by atoms with Crippen LogP contribution in [0.3, 0.4) is 0 Å². The smallest absolute Gasteiger partial charge is 0.294 e. The first-order chi connectivity index (χ1) is 4.20. The molecule has 0 unspecified atom stereocenters. The third-order valence-corrected chi connectivity index (χ3v) is 1.01. The molecular formula is C5H6N2O2. The van der Waals surface area contributed by atoms with Crippen molar-refractivity contribution in [1.82, 2.24) is 5.32 Å². The summed E-state index contributed by atoms with van der Waals surface area (Å²) in [4.78, 5) is 24.6. The molecule has 1 aliphatic heterocycles. The number of amidine groups is 1. The molecule has 0 saturated carbocycles. The molecule has 0 aliphatic carbocycles. The van der Waals surface area contributed by atoms with Gasteiger partial charge in [0.05, 0.1) is 0 Å². The molecule has 1 aliphatic rings. The van der Waals surface area contributed by atoms with Crippen LogP contribution in [-0.2, 0) is 9.59 Å². The van der Waals surface area contributed by atoms with Crippen molar-refractivity contribution in [2.24, 2.45) is 4.99 Å². The molecule has 1 heterocycles. The van der Waals surface area contributed by atoms with Crippen LogP contribution < -0.4 is 5.32 Å². The summed E-state index contributed by atoms with van der Waals surface area (Å²) >= 11 is 0. The summed E-state index contributed by atoms with van der Waals surface area (Å²) in [6.45, 7) is 1.64. The predicted molar refractivity (Wildman–Crippen MR) is 31.1 cm³/mol. The van der Waals surface area contributed by atoms with Gasteiger partial charge in [0.15, 0.2) is 0 Å². The van der Waals surface area contributed by atoms with Crippen LogP contribution in [0.2, 0.25) is 0 Å². The first-order valence-corrected chi connectivity index (χ1v) is 2.55. The van der Waals surface area contributed by atoms with Gasteiger partial charge in [0.1, 0.15) is 12.4 Å². The van der Waals surface area contributed by atoms with E-state index in [0.29, 0.717) is 5.84 Å². The highest BCUT2D eigenvalue weighted by molar-refractivity contribution is 6.41. The third-order valence-electron chi connectivity index (χ3n) is 1.01. The van der Waals surface area contributed by atoms with E-state index in [4.69, 9.17) is 0 Å². The van der Waals surface area contributed by atoms with Crippen LogP contribution in [0.25, 0.3) is 0 Å². The summed E-state index contributed by atoms with van der Waals surface area (Å²) < 4.78 is 0. The molecule has 1 N–H and O–H groups in total. The number of carbonyl (C=O) groups excluding carboxylic acids is 2. The first-order valence-electron chi connectivity index (χ1n) is 2.55. The number of Topliss-reactive ketones (excluding diaryl/α,β-unsaturated/α-hetero) is 1. The van der Waals surface area contributed by atoms with Crippen LogP contribution in [0.1, 0.15) is 6.92 Å². The van der Waals surface area contributed by atoms with Gasteiger partial charge in [-0.15, -0.1) is 0 Å². The molecule has 0 aromatic heterocycles. The van der Waals surface area contributed by atoms with E-state index in [1.165, 1.54) is 0 Å². The van der Waals surface area contributed by atoms with Crippen molar-refractivity contribution in [3.05, 3.63) is 0 Å². The van der Waals surface area contributed by atoms with Crippen molar-refractivity contribution in [2.45, 2.75) is 6.92 Å². The average Bonchev–Trinajstić information content (AvgIpc) is 1.80. The lowest BCUT2D eigenvalue weighted by Crippen LogP contribution is -2.40. The molecule has 4 nitrogen and oxygen atoms in total. The van der Waals surface area contributed by atoms with Crippen molar-refractivity contribution in [3.63, 3.8) is 0 Å². The molecule has 4 heteroatoms. The highest BCUT2D eigenvalue weighted by Gasteiger charge is 2.17. The Kier molecular flexibility index (Phi) is 1.30. The molecular weight excluding hydrogens is 120 g/mol. The van der Waals surface area contributed by atoms with E-state index in [1.807, 2.05) is 0 Å². The lowest BCUT2D eigenvalue weighted by Gasteiger charge is -2.06. The second-order valence-corrected chi connectivity index (χ2v) is 1.78. The summed E-state index contributed by atoms with van der Waals surface area (Å²) in [6.07, 6.45) is 0. The predicted octanol–water partition coefficient (Wildman–Crippen LogP) is -0.896. The molecule has 9 heavy (non-hydrogen) atoms. The highest BCUT2D eigenvalue weighted by Crippen LogP contribution is 1.85. The Labute approximate surface area is 52.0 Å². The van der Waals surface area contributed by atoms with Crippen LogP contribution in [0.5, 0.6) is 0 Å². The van der Waals surface area contributed by atoms with Crippen LogP contribution in [0, 0.1) is 0 Å². The highest BCUT2D eigenvalue weighted by atomic mass is 16.2. The number of hydrogen-bond acceptors (Lipinski definition) is 3.